The predicted molar refractivity (Wildman–Crippen MR) is 105 cm³/mol. The number of aromatic nitrogens is 3. The zero-order valence-corrected chi connectivity index (χ0v) is 15.9. The lowest BCUT2D eigenvalue weighted by atomic mass is 9.86. The van der Waals surface area contributed by atoms with Crippen LogP contribution in [-0.2, 0) is 19.4 Å². The van der Waals surface area contributed by atoms with Crippen molar-refractivity contribution in [3.63, 3.8) is 0 Å². The number of fused-ring (bicyclic) bond motifs is 1. The number of hydrogen-bond donors (Lipinski definition) is 2. The summed E-state index contributed by atoms with van der Waals surface area (Å²) in [6.07, 6.45) is 3.80. The van der Waals surface area contributed by atoms with Gasteiger partial charge in [0.1, 0.15) is 5.01 Å². The summed E-state index contributed by atoms with van der Waals surface area (Å²) in [5, 5.41) is 14.4. The Balaban J connectivity index is 1.54. The molecule has 0 saturated carbocycles. The molecule has 0 unspecified atom stereocenters. The van der Waals surface area contributed by atoms with Gasteiger partial charge in [0.2, 0.25) is 11.8 Å². The van der Waals surface area contributed by atoms with Crippen LogP contribution in [0.25, 0.3) is 11.6 Å². The van der Waals surface area contributed by atoms with E-state index in [-0.39, 0.29) is 0 Å². The molecular formula is C18H19N5OS2. The quantitative estimate of drug-likeness (QED) is 0.628. The van der Waals surface area contributed by atoms with Crippen molar-refractivity contribution in [2.75, 3.05) is 0 Å². The molecule has 6 nitrogen and oxygen atoms in total. The lowest BCUT2D eigenvalue weighted by Crippen LogP contribution is -2.08. The second-order valence-corrected chi connectivity index (χ2v) is 7.83. The van der Waals surface area contributed by atoms with Crippen LogP contribution in [0.15, 0.2) is 34.7 Å². The molecule has 0 amide bonds. The van der Waals surface area contributed by atoms with Gasteiger partial charge < -0.3 is 4.42 Å². The van der Waals surface area contributed by atoms with Crippen molar-refractivity contribution in [3.8, 4) is 0 Å². The Labute approximate surface area is 160 Å². The minimum Gasteiger partial charge on any atom is -0.423 e. The van der Waals surface area contributed by atoms with Crippen LogP contribution in [0.1, 0.15) is 39.8 Å². The van der Waals surface area contributed by atoms with Gasteiger partial charge in [-0.2, -0.15) is 0 Å². The molecule has 134 valence electrons. The maximum absolute atomic E-state index is 5.63. The Morgan fingerprint density at radius 2 is 2.08 bits per heavy atom. The molecule has 0 aliphatic heterocycles. The van der Waals surface area contributed by atoms with Crippen molar-refractivity contribution < 1.29 is 4.42 Å². The van der Waals surface area contributed by atoms with E-state index in [4.69, 9.17) is 14.5 Å². The Bertz CT molecular complexity index is 919. The van der Waals surface area contributed by atoms with Gasteiger partial charge in [0.15, 0.2) is 0 Å². The first-order chi connectivity index (χ1) is 12.7. The third-order valence-electron chi connectivity index (χ3n) is 4.31. The van der Waals surface area contributed by atoms with E-state index in [1.807, 2.05) is 6.07 Å². The average Bonchev–Trinajstić information content (AvgIpc) is 3.26. The Hall–Kier alpha value is -2.00. The van der Waals surface area contributed by atoms with Gasteiger partial charge in [-0.25, -0.2) is 9.71 Å². The van der Waals surface area contributed by atoms with Crippen LogP contribution in [-0.4, -0.2) is 15.2 Å². The molecule has 1 atom stereocenters. The van der Waals surface area contributed by atoms with E-state index in [2.05, 4.69) is 52.2 Å². The van der Waals surface area contributed by atoms with Gasteiger partial charge in [-0.15, -0.1) is 21.5 Å². The molecule has 3 aromatic rings. The molecule has 1 aromatic carbocycles. The minimum atomic E-state index is 0.448. The zero-order chi connectivity index (χ0) is 17.9. The highest BCUT2D eigenvalue weighted by atomic mass is 32.2. The molecule has 8 heteroatoms. The van der Waals surface area contributed by atoms with Gasteiger partial charge in [-0.3, -0.25) is 5.14 Å². The summed E-state index contributed by atoms with van der Waals surface area (Å²) < 4.78 is 8.52. The van der Waals surface area contributed by atoms with E-state index in [1.54, 1.807) is 11.3 Å². The smallest absolute Gasteiger partial charge is 0.231 e. The molecule has 0 radical (unpaired) electrons. The SMILES string of the molecule is C[C@@H]1Cc2nc(Cc3nnc(CNSN)o3)sc2C=C1c1ccccc1. The average molecular weight is 386 g/mol. The van der Waals surface area contributed by atoms with Crippen LogP contribution in [0.4, 0.5) is 0 Å². The maximum Gasteiger partial charge on any atom is 0.231 e. The highest BCUT2D eigenvalue weighted by Gasteiger charge is 2.23. The van der Waals surface area contributed by atoms with Gasteiger partial charge in [0.25, 0.3) is 0 Å². The van der Waals surface area contributed by atoms with Crippen molar-refractivity contribution in [2.45, 2.75) is 26.3 Å². The first-order valence-electron chi connectivity index (χ1n) is 8.38. The Morgan fingerprint density at radius 1 is 1.27 bits per heavy atom. The van der Waals surface area contributed by atoms with E-state index < -0.39 is 0 Å². The number of nitrogens with one attached hydrogen (secondary N) is 1. The fourth-order valence-corrected chi connectivity index (χ4v) is 4.34. The first-order valence-corrected chi connectivity index (χ1v) is 10.1. The number of thiazole rings is 1. The third kappa shape index (κ3) is 3.73. The minimum absolute atomic E-state index is 0.448. The van der Waals surface area contributed by atoms with Gasteiger partial charge in [0.05, 0.1) is 23.5 Å². The van der Waals surface area contributed by atoms with E-state index in [9.17, 15) is 0 Å². The standard InChI is InChI=1S/C18H19N5OS2/c1-11-7-14-15(8-13(11)12-5-3-2-4-6-12)25-18(21-14)9-16-22-23-17(24-16)10-20-26-19/h2-6,8,11,20H,7,9-10,19H2,1H3/t11-/m1/s1. The topological polar surface area (TPSA) is 89.9 Å². The Morgan fingerprint density at radius 3 is 2.88 bits per heavy atom. The molecule has 0 spiro atoms. The van der Waals surface area contributed by atoms with E-state index in [1.165, 1.54) is 16.0 Å². The van der Waals surface area contributed by atoms with Crippen LogP contribution >= 0.6 is 23.5 Å². The maximum atomic E-state index is 5.63. The highest BCUT2D eigenvalue weighted by Crippen LogP contribution is 2.37. The van der Waals surface area contributed by atoms with Gasteiger partial charge in [0, 0.05) is 12.1 Å². The van der Waals surface area contributed by atoms with Crippen LogP contribution in [0.3, 0.4) is 0 Å². The number of rotatable bonds is 6. The second-order valence-electron chi connectivity index (χ2n) is 6.19. The molecule has 3 N–H and O–H groups in total. The monoisotopic (exact) mass is 385 g/mol. The fourth-order valence-electron chi connectivity index (χ4n) is 3.09. The summed E-state index contributed by atoms with van der Waals surface area (Å²) in [7, 11) is 0. The van der Waals surface area contributed by atoms with E-state index >= 15 is 0 Å². The van der Waals surface area contributed by atoms with Crippen molar-refractivity contribution >= 4 is 35.1 Å². The lowest BCUT2D eigenvalue weighted by Gasteiger charge is -2.20. The molecule has 2 heterocycles. The van der Waals surface area contributed by atoms with Crippen LogP contribution in [0, 0.1) is 5.92 Å². The number of hydrogen-bond acceptors (Lipinski definition) is 8. The number of benzene rings is 1. The third-order valence-corrected chi connectivity index (χ3v) is 5.67. The molecule has 1 aliphatic carbocycles. The first kappa shape index (κ1) is 17.4. The van der Waals surface area contributed by atoms with Crippen molar-refractivity contribution in [1.29, 1.82) is 0 Å². The summed E-state index contributed by atoms with van der Waals surface area (Å²) in [6, 6.07) is 10.6. The second kappa shape index (κ2) is 7.71. The molecule has 2 aromatic heterocycles. The number of nitrogens with zero attached hydrogens (tertiary/aromatic N) is 3. The Kier molecular flexibility index (Phi) is 5.16. The van der Waals surface area contributed by atoms with Gasteiger partial charge in [-0.1, -0.05) is 37.3 Å². The molecule has 0 fully saturated rings. The highest BCUT2D eigenvalue weighted by molar-refractivity contribution is 7.95. The van der Waals surface area contributed by atoms with Gasteiger partial charge in [-0.05, 0) is 29.6 Å². The van der Waals surface area contributed by atoms with E-state index in [0.29, 0.717) is 30.7 Å². The summed E-state index contributed by atoms with van der Waals surface area (Å²) in [4.78, 5) is 6.04. The summed E-state index contributed by atoms with van der Waals surface area (Å²) in [5.74, 6) is 1.56. The van der Waals surface area contributed by atoms with Crippen molar-refractivity contribution in [3.05, 3.63) is 63.3 Å². The molecule has 26 heavy (non-hydrogen) atoms. The van der Waals surface area contributed by atoms with Crippen LogP contribution < -0.4 is 9.86 Å². The molecule has 1 aliphatic rings. The summed E-state index contributed by atoms with van der Waals surface area (Å²) in [6.45, 7) is 2.71. The largest absolute Gasteiger partial charge is 0.423 e. The summed E-state index contributed by atoms with van der Waals surface area (Å²) in [5.41, 5.74) is 3.82. The van der Waals surface area contributed by atoms with Crippen LogP contribution in [0.2, 0.25) is 0 Å². The molecule has 0 bridgehead atoms. The molecule has 0 saturated heterocycles. The van der Waals surface area contributed by atoms with Crippen molar-refractivity contribution in [2.24, 2.45) is 11.1 Å². The predicted octanol–water partition coefficient (Wildman–Crippen LogP) is 3.46. The number of nitrogens with two attached hydrogens (primary N) is 1. The lowest BCUT2D eigenvalue weighted by molar-refractivity contribution is 0.455. The van der Waals surface area contributed by atoms with E-state index in [0.717, 1.165) is 29.3 Å². The van der Waals surface area contributed by atoms with Crippen molar-refractivity contribution in [1.82, 2.24) is 19.9 Å². The number of allylic oxidation sites excluding steroid dienone is 1. The van der Waals surface area contributed by atoms with Crippen LogP contribution in [0.5, 0.6) is 0 Å². The fraction of sp³-hybridized carbons (Fsp3) is 0.278. The summed E-state index contributed by atoms with van der Waals surface area (Å²) >= 11 is 2.73. The molecular weight excluding hydrogens is 366 g/mol. The molecule has 4 rings (SSSR count). The zero-order valence-electron chi connectivity index (χ0n) is 14.3. The van der Waals surface area contributed by atoms with Gasteiger partial charge >= 0.3 is 0 Å². The normalized spacial score (nSPS) is 16.4.